The van der Waals surface area contributed by atoms with Gasteiger partial charge in [0.25, 0.3) is 5.09 Å². The van der Waals surface area contributed by atoms with E-state index in [1.165, 1.54) is 43.4 Å². The number of allylic oxidation sites excluding steroid dienone is 4. The van der Waals surface area contributed by atoms with E-state index in [1.54, 1.807) is 6.92 Å². The third-order valence-electron chi connectivity index (χ3n) is 10.5. The fourth-order valence-corrected chi connectivity index (χ4v) is 8.17. The Morgan fingerprint density at radius 3 is 2.61 bits per heavy atom. The summed E-state index contributed by atoms with van der Waals surface area (Å²) in [4.78, 5) is 64.6. The predicted octanol–water partition coefficient (Wildman–Crippen LogP) is 1.78. The first-order valence-electron chi connectivity index (χ1n) is 14.8. The van der Waals surface area contributed by atoms with Gasteiger partial charge >= 0.3 is 12.1 Å². The molecule has 2 unspecified atom stereocenters. The molecule has 5 rings (SSSR count). The van der Waals surface area contributed by atoms with Crippen LogP contribution in [0.5, 0.6) is 5.75 Å². The van der Waals surface area contributed by atoms with Gasteiger partial charge in [-0.05, 0) is 68.9 Å². The molecule has 15 heteroatoms. The van der Waals surface area contributed by atoms with Gasteiger partial charge in [0.1, 0.15) is 12.4 Å². The minimum absolute atomic E-state index is 0.0370. The highest BCUT2D eigenvalue weighted by Gasteiger charge is 2.76. The van der Waals surface area contributed by atoms with Crippen LogP contribution in [-0.4, -0.2) is 87.3 Å². The van der Waals surface area contributed by atoms with Gasteiger partial charge in [-0.1, -0.05) is 24.6 Å². The van der Waals surface area contributed by atoms with Crippen LogP contribution in [0.2, 0.25) is 0 Å². The Morgan fingerprint density at radius 1 is 1.15 bits per heavy atom. The molecule has 4 aliphatic carbocycles. The first kappa shape index (κ1) is 33.2. The summed E-state index contributed by atoms with van der Waals surface area (Å²) in [5, 5.41) is 45.9. The van der Waals surface area contributed by atoms with Crippen LogP contribution in [0.25, 0.3) is 0 Å². The molecular formula is C31H35FN2O12. The molecule has 1 aromatic carbocycles. The third-order valence-corrected chi connectivity index (χ3v) is 10.5. The van der Waals surface area contributed by atoms with Crippen molar-refractivity contribution in [3.05, 3.63) is 63.7 Å². The van der Waals surface area contributed by atoms with Crippen molar-refractivity contribution < 1.29 is 58.3 Å². The van der Waals surface area contributed by atoms with Crippen molar-refractivity contribution in [1.29, 1.82) is 0 Å². The van der Waals surface area contributed by atoms with Crippen molar-refractivity contribution in [3.63, 3.8) is 0 Å². The van der Waals surface area contributed by atoms with Gasteiger partial charge in [-0.25, -0.2) is 14.0 Å². The van der Waals surface area contributed by atoms with E-state index in [0.29, 0.717) is 12.0 Å². The number of rotatable bonds is 9. The highest BCUT2D eigenvalue weighted by atomic mass is 19.1. The van der Waals surface area contributed by atoms with E-state index in [2.05, 4.69) is 10.2 Å². The number of hydrogen-bond donors (Lipinski definition) is 4. The summed E-state index contributed by atoms with van der Waals surface area (Å²) in [6.07, 6.45) is -0.115. The molecule has 0 aromatic heterocycles. The van der Waals surface area contributed by atoms with E-state index in [0.717, 1.165) is 6.07 Å². The lowest BCUT2D eigenvalue weighted by Crippen LogP contribution is -2.69. The molecule has 0 heterocycles. The number of halogens is 1. The smallest absolute Gasteiger partial charge is 0.407 e. The van der Waals surface area contributed by atoms with Gasteiger partial charge in [-0.2, -0.15) is 0 Å². The second-order valence-corrected chi connectivity index (χ2v) is 12.7. The highest BCUT2D eigenvalue weighted by Crippen LogP contribution is 2.69. The quantitative estimate of drug-likeness (QED) is 0.131. The number of ketones is 2. The molecule has 4 aliphatic rings. The van der Waals surface area contributed by atoms with Crippen LogP contribution in [0.15, 0.2) is 48.1 Å². The van der Waals surface area contributed by atoms with Crippen LogP contribution < -0.4 is 10.2 Å². The average molecular weight is 647 g/mol. The molecule has 0 radical (unpaired) electrons. The first-order chi connectivity index (χ1) is 21.6. The summed E-state index contributed by atoms with van der Waals surface area (Å²) < 4.78 is 27.2. The number of esters is 1. The van der Waals surface area contributed by atoms with Crippen LogP contribution in [0, 0.1) is 32.8 Å². The number of aliphatic hydroxyl groups is 3. The Labute approximate surface area is 262 Å². The number of nitrogens with one attached hydrogen (secondary N) is 1. The van der Waals surface area contributed by atoms with E-state index < -0.39 is 75.7 Å². The SMILES string of the molecule is C[C@]12C=CC(=O)C=C1CCC1C3C[C@@H](O)[C@](O)(C(=O)COC(=O)NCCOC(=O)c4cccc(O[N+](=O)[O-])c4)[C@@]3(C)C[C@H](O)[C@@]12F. The molecule has 3 saturated carbocycles. The molecular weight excluding hydrogens is 611 g/mol. The van der Waals surface area contributed by atoms with Gasteiger partial charge in [0, 0.05) is 16.7 Å². The van der Waals surface area contributed by atoms with Gasteiger partial charge in [0.2, 0.25) is 5.78 Å². The van der Waals surface area contributed by atoms with Crippen LogP contribution in [0.3, 0.4) is 0 Å². The van der Waals surface area contributed by atoms with Crippen molar-refractivity contribution in [1.82, 2.24) is 5.32 Å². The van der Waals surface area contributed by atoms with Crippen molar-refractivity contribution in [2.45, 2.75) is 63.0 Å². The molecule has 4 N–H and O–H groups in total. The largest absolute Gasteiger partial charge is 0.460 e. The fourth-order valence-electron chi connectivity index (χ4n) is 8.17. The number of alkyl carbamates (subject to hydrolysis) is 1. The second-order valence-electron chi connectivity index (χ2n) is 12.7. The van der Waals surface area contributed by atoms with E-state index in [9.17, 15) is 44.6 Å². The van der Waals surface area contributed by atoms with E-state index in [4.69, 9.17) is 9.47 Å². The maximum atomic E-state index is 17.2. The number of carbonyl (C=O) groups is 4. The number of aliphatic hydroxyl groups excluding tert-OH is 2. The lowest BCUT2D eigenvalue weighted by atomic mass is 9.44. The van der Waals surface area contributed by atoms with Crippen molar-refractivity contribution in [3.8, 4) is 5.75 Å². The summed E-state index contributed by atoms with van der Waals surface area (Å²) >= 11 is 0. The molecule has 0 saturated heterocycles. The van der Waals surface area contributed by atoms with Crippen LogP contribution in [-0.2, 0) is 19.1 Å². The second kappa shape index (κ2) is 11.9. The molecule has 0 bridgehead atoms. The third kappa shape index (κ3) is 5.15. The Balaban J connectivity index is 1.18. The van der Waals surface area contributed by atoms with Gasteiger partial charge in [-0.3, -0.25) is 14.4 Å². The minimum Gasteiger partial charge on any atom is -0.460 e. The van der Waals surface area contributed by atoms with Gasteiger partial charge in [0.15, 0.2) is 23.7 Å². The van der Waals surface area contributed by atoms with Crippen LogP contribution in [0.4, 0.5) is 9.18 Å². The Hall–Kier alpha value is -4.21. The lowest BCUT2D eigenvalue weighted by molar-refractivity contribution is -0.711. The first-order valence-corrected chi connectivity index (χ1v) is 14.8. The fraction of sp³-hybridized carbons (Fsp3) is 0.548. The number of nitrogens with zero attached hydrogens (tertiary/aromatic N) is 1. The van der Waals surface area contributed by atoms with Crippen molar-refractivity contribution >= 4 is 23.6 Å². The lowest BCUT2D eigenvalue weighted by Gasteiger charge is -2.62. The van der Waals surface area contributed by atoms with Crippen LogP contribution in [0.1, 0.15) is 49.9 Å². The molecule has 1 amide bonds. The van der Waals surface area contributed by atoms with Crippen molar-refractivity contribution in [2.24, 2.45) is 22.7 Å². The molecule has 46 heavy (non-hydrogen) atoms. The normalized spacial score (nSPS) is 36.0. The summed E-state index contributed by atoms with van der Waals surface area (Å²) in [5.74, 6) is -3.90. The number of benzene rings is 1. The highest BCUT2D eigenvalue weighted by molar-refractivity contribution is 6.01. The molecule has 8 atom stereocenters. The molecule has 3 fully saturated rings. The molecule has 0 spiro atoms. The summed E-state index contributed by atoms with van der Waals surface area (Å²) in [6, 6.07) is 5.06. The zero-order valence-corrected chi connectivity index (χ0v) is 25.1. The topological polar surface area (TPSA) is 212 Å². The molecule has 1 aromatic rings. The van der Waals surface area contributed by atoms with Crippen LogP contribution >= 0.6 is 0 Å². The summed E-state index contributed by atoms with van der Waals surface area (Å²) in [7, 11) is 0. The van der Waals surface area contributed by atoms with Gasteiger partial charge < -0.3 is 30.1 Å². The Kier molecular flexibility index (Phi) is 8.55. The number of amides is 1. The molecule has 248 valence electrons. The van der Waals surface area contributed by atoms with E-state index in [1.807, 2.05) is 0 Å². The zero-order valence-electron chi connectivity index (χ0n) is 25.1. The number of ether oxygens (including phenoxy) is 2. The standard InChI is InChI=1S/C31H35FN2O12/c1-28-9-8-19(35)13-18(28)6-7-21-22-14-23(36)31(41,29(22,2)15-24(37)30(21,28)32)25(38)16-45-27(40)33-10-11-44-26(39)17-4-3-5-20(12-17)46-34(42)43/h3-5,8-9,12-13,21-24,36-37,41H,6-7,10-11,14-16H2,1-2H3,(H,33,40)/t21?,22?,23-,24+,28+,29+,30+,31+/m1/s1. The van der Waals surface area contributed by atoms with E-state index in [-0.39, 0.29) is 49.5 Å². The van der Waals surface area contributed by atoms with Crippen molar-refractivity contribution in [2.75, 3.05) is 19.8 Å². The van der Waals surface area contributed by atoms with E-state index >= 15 is 4.39 Å². The summed E-state index contributed by atoms with van der Waals surface area (Å²) in [6.45, 7) is 1.64. The average Bonchev–Trinajstić information content (AvgIpc) is 3.20. The monoisotopic (exact) mass is 646 g/mol. The number of alkyl halides is 1. The number of carbonyl (C=O) groups excluding carboxylic acids is 4. The Bertz CT molecular complexity index is 1530. The van der Waals surface area contributed by atoms with Gasteiger partial charge in [0.05, 0.1) is 24.3 Å². The van der Waals surface area contributed by atoms with Gasteiger partial charge in [-0.15, -0.1) is 10.1 Å². The summed E-state index contributed by atoms with van der Waals surface area (Å²) in [5.41, 5.74) is -6.91. The number of hydrogen-bond acceptors (Lipinski definition) is 12. The molecule has 14 nitrogen and oxygen atoms in total. The maximum Gasteiger partial charge on any atom is 0.407 e. The zero-order chi connectivity index (χ0) is 33.7. The predicted molar refractivity (Wildman–Crippen MR) is 153 cm³/mol. The minimum atomic E-state index is -2.46. The molecule has 0 aliphatic heterocycles. The number of Topliss-reactive ketones (excluding diaryl/α,β-unsaturated/α-hetero) is 1. The number of fused-ring (bicyclic) bond motifs is 5. The Morgan fingerprint density at radius 2 is 1.89 bits per heavy atom. The maximum absolute atomic E-state index is 17.2.